The van der Waals surface area contributed by atoms with E-state index in [9.17, 15) is 0 Å². The molecule has 8 rings (SSSR count). The van der Waals surface area contributed by atoms with Crippen molar-refractivity contribution in [3.8, 4) is 22.3 Å². The van der Waals surface area contributed by atoms with E-state index in [2.05, 4.69) is 152 Å². The summed E-state index contributed by atoms with van der Waals surface area (Å²) in [6.45, 7) is 4.70. The molecule has 7 aromatic rings. The first-order valence-electron chi connectivity index (χ1n) is 14.9. The van der Waals surface area contributed by atoms with Gasteiger partial charge in [0.05, 0.1) is 5.69 Å². The van der Waals surface area contributed by atoms with Crippen molar-refractivity contribution in [3.63, 3.8) is 0 Å². The van der Waals surface area contributed by atoms with E-state index in [1.54, 1.807) is 0 Å². The van der Waals surface area contributed by atoms with Gasteiger partial charge in [0.2, 0.25) is 0 Å². The first-order chi connectivity index (χ1) is 21.0. The molecular formula is C41H32N2. The fourth-order valence-electron chi connectivity index (χ4n) is 7.12. The molecule has 7 aromatic carbocycles. The van der Waals surface area contributed by atoms with Crippen LogP contribution in [0.15, 0.2) is 146 Å². The molecule has 0 aromatic heterocycles. The molecule has 2 N–H and O–H groups in total. The largest absolute Gasteiger partial charge is 0.399 e. The van der Waals surface area contributed by atoms with E-state index < -0.39 is 0 Å². The van der Waals surface area contributed by atoms with Crippen molar-refractivity contribution < 1.29 is 0 Å². The van der Waals surface area contributed by atoms with Crippen molar-refractivity contribution in [2.75, 3.05) is 10.6 Å². The summed E-state index contributed by atoms with van der Waals surface area (Å²) in [5, 5.41) is 4.85. The van der Waals surface area contributed by atoms with E-state index in [4.69, 9.17) is 5.73 Å². The zero-order valence-electron chi connectivity index (χ0n) is 24.4. The minimum Gasteiger partial charge on any atom is -0.399 e. The number of rotatable bonds is 4. The van der Waals surface area contributed by atoms with Gasteiger partial charge >= 0.3 is 0 Å². The van der Waals surface area contributed by atoms with Crippen LogP contribution in [0.3, 0.4) is 0 Å². The molecule has 2 nitrogen and oxygen atoms in total. The Morgan fingerprint density at radius 3 is 1.72 bits per heavy atom. The Labute approximate surface area is 252 Å². The number of nitrogens with two attached hydrogens (primary N) is 1. The average molecular weight is 553 g/mol. The van der Waals surface area contributed by atoms with Crippen molar-refractivity contribution in [2.45, 2.75) is 19.3 Å². The maximum atomic E-state index is 6.10. The van der Waals surface area contributed by atoms with E-state index in [0.717, 1.165) is 22.6 Å². The summed E-state index contributed by atoms with van der Waals surface area (Å²) in [5.41, 5.74) is 18.1. The van der Waals surface area contributed by atoms with Crippen molar-refractivity contribution in [2.24, 2.45) is 0 Å². The molecule has 0 saturated carbocycles. The topological polar surface area (TPSA) is 29.3 Å². The second-order valence-electron chi connectivity index (χ2n) is 12.0. The third-order valence-electron chi connectivity index (χ3n) is 9.17. The van der Waals surface area contributed by atoms with Gasteiger partial charge in [-0.25, -0.2) is 0 Å². The molecule has 0 bridgehead atoms. The van der Waals surface area contributed by atoms with Gasteiger partial charge in [0.25, 0.3) is 0 Å². The second-order valence-corrected chi connectivity index (χ2v) is 12.0. The highest BCUT2D eigenvalue weighted by atomic mass is 15.1. The summed E-state index contributed by atoms with van der Waals surface area (Å²) in [7, 11) is 0. The lowest BCUT2D eigenvalue weighted by atomic mass is 9.82. The zero-order valence-corrected chi connectivity index (χ0v) is 24.4. The third-order valence-corrected chi connectivity index (χ3v) is 9.17. The van der Waals surface area contributed by atoms with Crippen LogP contribution < -0.4 is 10.6 Å². The Balaban J connectivity index is 1.45. The van der Waals surface area contributed by atoms with Crippen LogP contribution in [0.4, 0.5) is 22.7 Å². The van der Waals surface area contributed by atoms with Crippen LogP contribution in [-0.4, -0.2) is 0 Å². The van der Waals surface area contributed by atoms with Gasteiger partial charge in [-0.1, -0.05) is 123 Å². The van der Waals surface area contributed by atoms with Gasteiger partial charge in [-0.2, -0.15) is 0 Å². The molecule has 0 heterocycles. The smallest absolute Gasteiger partial charge is 0.0618 e. The molecular weight excluding hydrogens is 520 g/mol. The molecule has 0 amide bonds. The fourth-order valence-corrected chi connectivity index (χ4v) is 7.12. The highest BCUT2D eigenvalue weighted by Crippen LogP contribution is 2.52. The van der Waals surface area contributed by atoms with E-state index in [-0.39, 0.29) is 5.41 Å². The Bertz CT molecular complexity index is 2100. The lowest BCUT2D eigenvalue weighted by molar-refractivity contribution is 0.660. The summed E-state index contributed by atoms with van der Waals surface area (Å²) in [5.74, 6) is 0. The van der Waals surface area contributed by atoms with E-state index in [0.29, 0.717) is 0 Å². The van der Waals surface area contributed by atoms with E-state index >= 15 is 0 Å². The Morgan fingerprint density at radius 2 is 1.05 bits per heavy atom. The number of para-hydroxylation sites is 1. The molecule has 206 valence electrons. The Hall–Kier alpha value is -5.34. The van der Waals surface area contributed by atoms with Gasteiger partial charge in [0, 0.05) is 33.2 Å². The average Bonchev–Trinajstić information content (AvgIpc) is 3.28. The van der Waals surface area contributed by atoms with Crippen LogP contribution in [0.2, 0.25) is 0 Å². The predicted octanol–water partition coefficient (Wildman–Crippen LogP) is 11.0. The second kappa shape index (κ2) is 9.61. The van der Waals surface area contributed by atoms with Crippen LogP contribution in [0.5, 0.6) is 0 Å². The first-order valence-corrected chi connectivity index (χ1v) is 14.9. The van der Waals surface area contributed by atoms with Crippen LogP contribution in [-0.2, 0) is 5.41 Å². The van der Waals surface area contributed by atoms with Gasteiger partial charge in [0.1, 0.15) is 0 Å². The van der Waals surface area contributed by atoms with Crippen LogP contribution >= 0.6 is 0 Å². The lowest BCUT2D eigenvalue weighted by Crippen LogP contribution is -2.17. The molecule has 1 aliphatic rings. The number of hydrogen-bond acceptors (Lipinski definition) is 2. The predicted molar refractivity (Wildman–Crippen MR) is 184 cm³/mol. The van der Waals surface area contributed by atoms with Gasteiger partial charge in [-0.3, -0.25) is 0 Å². The number of nitrogens with zero attached hydrogens (tertiary/aromatic N) is 1. The summed E-state index contributed by atoms with van der Waals surface area (Å²) < 4.78 is 0. The number of hydrogen-bond donors (Lipinski definition) is 1. The monoisotopic (exact) mass is 552 g/mol. The summed E-state index contributed by atoms with van der Waals surface area (Å²) >= 11 is 0. The number of anilines is 4. The highest BCUT2D eigenvalue weighted by Gasteiger charge is 2.36. The minimum atomic E-state index is -0.0898. The van der Waals surface area contributed by atoms with Crippen molar-refractivity contribution in [3.05, 3.63) is 157 Å². The van der Waals surface area contributed by atoms with Gasteiger partial charge in [-0.15, -0.1) is 0 Å². The van der Waals surface area contributed by atoms with Crippen LogP contribution in [0.1, 0.15) is 25.0 Å². The summed E-state index contributed by atoms with van der Waals surface area (Å²) in [4.78, 5) is 2.46. The fraction of sp³-hybridized carbons (Fsp3) is 0.0732. The van der Waals surface area contributed by atoms with Gasteiger partial charge in [-0.05, 0) is 80.6 Å². The highest BCUT2D eigenvalue weighted by molar-refractivity contribution is 6.22. The molecule has 0 unspecified atom stereocenters. The SMILES string of the molecule is CC1(C)c2ccccc2-c2ccc(N(c3ccccc3)c3c4ccccc4c(-c4ccc(N)cc4)c4ccccc34)cc21. The Morgan fingerprint density at radius 1 is 0.488 bits per heavy atom. The number of benzene rings is 7. The van der Waals surface area contributed by atoms with Gasteiger partial charge in [0.15, 0.2) is 0 Å². The molecule has 0 fully saturated rings. The molecule has 43 heavy (non-hydrogen) atoms. The zero-order chi connectivity index (χ0) is 29.1. The number of nitrogen functional groups attached to an aromatic ring is 1. The molecule has 0 aliphatic heterocycles. The Kier molecular flexibility index (Phi) is 5.67. The maximum Gasteiger partial charge on any atom is 0.0618 e. The number of fused-ring (bicyclic) bond motifs is 5. The van der Waals surface area contributed by atoms with Gasteiger partial charge < -0.3 is 10.6 Å². The third kappa shape index (κ3) is 3.87. The first kappa shape index (κ1) is 25.4. The molecule has 0 spiro atoms. The summed E-state index contributed by atoms with van der Waals surface area (Å²) in [6, 6.07) is 52.5. The molecule has 2 heteroatoms. The van der Waals surface area contributed by atoms with Crippen LogP contribution in [0.25, 0.3) is 43.8 Å². The van der Waals surface area contributed by atoms with Crippen molar-refractivity contribution in [1.29, 1.82) is 0 Å². The normalized spacial score (nSPS) is 13.2. The van der Waals surface area contributed by atoms with E-state index in [1.165, 1.54) is 55.0 Å². The quantitative estimate of drug-likeness (QED) is 0.174. The van der Waals surface area contributed by atoms with Crippen LogP contribution in [0, 0.1) is 0 Å². The molecule has 0 radical (unpaired) electrons. The molecule has 0 atom stereocenters. The molecule has 1 aliphatic carbocycles. The van der Waals surface area contributed by atoms with Crippen molar-refractivity contribution >= 4 is 44.3 Å². The summed E-state index contributed by atoms with van der Waals surface area (Å²) in [6.07, 6.45) is 0. The molecule has 0 saturated heterocycles. The van der Waals surface area contributed by atoms with E-state index in [1.807, 2.05) is 12.1 Å². The maximum absolute atomic E-state index is 6.10. The lowest BCUT2D eigenvalue weighted by Gasteiger charge is -2.31. The standard InChI is InChI=1S/C41H32N2/c1-41(2)37-19-11-10-14-31(37)32-25-24-30(26-38(32)41)43(29-12-4-3-5-13-29)40-35-17-8-6-15-33(35)39(27-20-22-28(42)23-21-27)34-16-7-9-18-36(34)40/h3-26H,42H2,1-2H3. The van der Waals surface area contributed by atoms with Crippen molar-refractivity contribution in [1.82, 2.24) is 0 Å². The minimum absolute atomic E-state index is 0.0898.